The van der Waals surface area contributed by atoms with Gasteiger partial charge in [-0.05, 0) is 48.3 Å². The van der Waals surface area contributed by atoms with Crippen molar-refractivity contribution in [3.63, 3.8) is 0 Å². The number of hydrogen-bond donors (Lipinski definition) is 5. The predicted octanol–water partition coefficient (Wildman–Crippen LogP) is 3.74. The van der Waals surface area contributed by atoms with Crippen molar-refractivity contribution in [2.45, 2.75) is 77.6 Å². The van der Waals surface area contributed by atoms with E-state index in [4.69, 9.17) is 19.6 Å². The number of furan rings is 1. The van der Waals surface area contributed by atoms with E-state index < -0.39 is 65.2 Å². The molecule has 50 heavy (non-hydrogen) atoms. The number of nitrogens with two attached hydrogens (primary N) is 1. The molecule has 0 saturated heterocycles. The Bertz CT molecular complexity index is 1410. The van der Waals surface area contributed by atoms with Crippen LogP contribution in [0, 0.1) is 29.6 Å². The van der Waals surface area contributed by atoms with Gasteiger partial charge in [-0.1, -0.05) is 77.3 Å². The van der Waals surface area contributed by atoms with Crippen LogP contribution in [0.1, 0.15) is 75.9 Å². The van der Waals surface area contributed by atoms with Gasteiger partial charge in [-0.25, -0.2) is 14.6 Å². The summed E-state index contributed by atoms with van der Waals surface area (Å²) in [7, 11) is 2.36. The Hall–Kier alpha value is -4.27. The number of rotatable bonds is 17. The highest BCUT2D eigenvalue weighted by Crippen LogP contribution is 2.36. The third-order valence-corrected chi connectivity index (χ3v) is 9.25. The number of nitrogens with one attached hydrogen (secondary N) is 3. The van der Waals surface area contributed by atoms with Crippen LogP contribution in [0.4, 0.5) is 9.59 Å². The highest BCUT2D eigenvalue weighted by molar-refractivity contribution is 6.01. The standard InChI is InChI=1S/C36H53N5O9/c1-22(2)29(38-34(45)48-5)32(43)28(36(37,47)25-16-11-8-12-17-25)26(31(42)27-18-13-19-50-27)21-41(20-24-14-9-7-10-15-24)40-33(44)30(23(3)4)39-35(46)49-6/h8,11-13,16-19,22-24,26,28-30,47H,7,9-10,14-15,20-21,37H2,1-6H3,(H,38,45)(H,39,46)(H,40,44)/t26-,28?,29-,30-,36?/m0/s1. The summed E-state index contributed by atoms with van der Waals surface area (Å²) in [5.74, 6) is -5.83. The minimum Gasteiger partial charge on any atom is -0.461 e. The maximum atomic E-state index is 14.8. The van der Waals surface area contributed by atoms with Crippen molar-refractivity contribution in [3.05, 3.63) is 60.1 Å². The molecule has 276 valence electrons. The first-order valence-corrected chi connectivity index (χ1v) is 17.1. The SMILES string of the molecule is COC(=O)N[C@H](C(=O)NN(CC1CCCCC1)C[C@H](C(=O)c1ccco1)C(C(=O)[C@@H](NC(=O)OC)C(C)C)C(N)(O)c1ccccc1)C(C)C. The van der Waals surface area contributed by atoms with Crippen LogP contribution in [0.15, 0.2) is 53.1 Å². The molecule has 1 saturated carbocycles. The highest BCUT2D eigenvalue weighted by Gasteiger charge is 2.51. The van der Waals surface area contributed by atoms with Crippen LogP contribution in [0.2, 0.25) is 0 Å². The fraction of sp³-hybridized carbons (Fsp3) is 0.583. The van der Waals surface area contributed by atoms with Gasteiger partial charge in [0.2, 0.25) is 5.78 Å². The molecular weight excluding hydrogens is 646 g/mol. The molecule has 1 aromatic carbocycles. The van der Waals surface area contributed by atoms with Gasteiger partial charge in [0, 0.05) is 13.1 Å². The van der Waals surface area contributed by atoms with Crippen molar-refractivity contribution in [2.24, 2.45) is 35.3 Å². The van der Waals surface area contributed by atoms with Crippen molar-refractivity contribution in [3.8, 4) is 0 Å². The molecule has 3 rings (SSSR count). The summed E-state index contributed by atoms with van der Waals surface area (Å²) in [5.41, 5.74) is 7.35. The molecule has 0 bridgehead atoms. The van der Waals surface area contributed by atoms with Crippen LogP contribution >= 0.6 is 0 Å². The van der Waals surface area contributed by atoms with Crippen LogP contribution in [-0.4, -0.2) is 79.2 Å². The maximum absolute atomic E-state index is 14.8. The molecule has 0 spiro atoms. The fourth-order valence-electron chi connectivity index (χ4n) is 6.52. The number of ketones is 2. The van der Waals surface area contributed by atoms with Crippen molar-refractivity contribution < 1.29 is 43.0 Å². The number of hydrazine groups is 1. The molecule has 0 radical (unpaired) electrons. The zero-order valence-electron chi connectivity index (χ0n) is 29.8. The number of aliphatic hydroxyl groups is 1. The number of amides is 3. The van der Waals surface area contributed by atoms with E-state index >= 15 is 0 Å². The summed E-state index contributed by atoms with van der Waals surface area (Å²) in [4.78, 5) is 67.7. The molecule has 14 heteroatoms. The van der Waals surface area contributed by atoms with Gasteiger partial charge in [-0.15, -0.1) is 0 Å². The Kier molecular flexibility index (Phi) is 15.0. The fourth-order valence-corrected chi connectivity index (χ4v) is 6.52. The summed E-state index contributed by atoms with van der Waals surface area (Å²) < 4.78 is 15.1. The number of benzene rings is 1. The lowest BCUT2D eigenvalue weighted by Crippen LogP contribution is -2.61. The average Bonchev–Trinajstić information content (AvgIpc) is 3.64. The first-order valence-electron chi connectivity index (χ1n) is 17.1. The smallest absolute Gasteiger partial charge is 0.407 e. The molecular formula is C36H53N5O9. The second-order valence-electron chi connectivity index (χ2n) is 13.6. The zero-order valence-corrected chi connectivity index (χ0v) is 29.8. The predicted molar refractivity (Wildman–Crippen MR) is 184 cm³/mol. The van der Waals surface area contributed by atoms with E-state index in [1.807, 2.05) is 0 Å². The Morgan fingerprint density at radius 3 is 2.00 bits per heavy atom. The first kappa shape index (κ1) is 40.2. The van der Waals surface area contributed by atoms with Gasteiger partial charge in [0.25, 0.3) is 5.91 Å². The van der Waals surface area contributed by atoms with Crippen LogP contribution in [0.5, 0.6) is 0 Å². The minimum atomic E-state index is -2.44. The third kappa shape index (κ3) is 10.6. The van der Waals surface area contributed by atoms with Gasteiger partial charge >= 0.3 is 12.2 Å². The molecule has 3 amide bonds. The number of carbonyl (C=O) groups is 5. The summed E-state index contributed by atoms with van der Waals surface area (Å²) in [6.45, 7) is 6.95. The number of carbonyl (C=O) groups excluding carboxylic acids is 5. The quantitative estimate of drug-likeness (QED) is 0.0915. The van der Waals surface area contributed by atoms with Crippen LogP contribution in [-0.2, 0) is 24.8 Å². The van der Waals surface area contributed by atoms with Gasteiger partial charge in [0.15, 0.2) is 11.5 Å². The molecule has 6 N–H and O–H groups in total. The summed E-state index contributed by atoms with van der Waals surface area (Å²) in [6, 6.07) is 8.82. The van der Waals surface area contributed by atoms with Crippen LogP contribution in [0.3, 0.4) is 0 Å². The largest absolute Gasteiger partial charge is 0.461 e. The average molecular weight is 700 g/mol. The monoisotopic (exact) mass is 699 g/mol. The Balaban J connectivity index is 2.20. The van der Waals surface area contributed by atoms with E-state index in [0.717, 1.165) is 39.2 Å². The second kappa shape index (κ2) is 18.6. The lowest BCUT2D eigenvalue weighted by molar-refractivity contribution is -0.141. The molecule has 2 aromatic rings. The zero-order chi connectivity index (χ0) is 37.0. The van der Waals surface area contributed by atoms with Crippen molar-refractivity contribution in [1.29, 1.82) is 0 Å². The normalized spacial score (nSPS) is 17.3. The molecule has 2 unspecified atom stereocenters. The van der Waals surface area contributed by atoms with Gasteiger partial charge < -0.3 is 29.6 Å². The second-order valence-corrected chi connectivity index (χ2v) is 13.6. The molecule has 1 aromatic heterocycles. The maximum Gasteiger partial charge on any atom is 0.407 e. The van der Waals surface area contributed by atoms with Crippen molar-refractivity contribution in [1.82, 2.24) is 21.1 Å². The number of ether oxygens (including phenoxy) is 2. The van der Waals surface area contributed by atoms with Crippen molar-refractivity contribution in [2.75, 3.05) is 27.3 Å². The third-order valence-electron chi connectivity index (χ3n) is 9.25. The Morgan fingerprint density at radius 2 is 1.48 bits per heavy atom. The lowest BCUT2D eigenvalue weighted by Gasteiger charge is -2.41. The van der Waals surface area contributed by atoms with Gasteiger partial charge in [0.1, 0.15) is 11.8 Å². The molecule has 1 aliphatic carbocycles. The van der Waals surface area contributed by atoms with E-state index in [0.29, 0.717) is 6.54 Å². The first-order chi connectivity index (χ1) is 23.7. The lowest BCUT2D eigenvalue weighted by atomic mass is 9.72. The minimum absolute atomic E-state index is 0.0879. The van der Waals surface area contributed by atoms with Gasteiger partial charge in [-0.3, -0.25) is 25.5 Å². The molecule has 0 aliphatic heterocycles. The van der Waals surface area contributed by atoms with Crippen LogP contribution < -0.4 is 21.8 Å². The summed E-state index contributed by atoms with van der Waals surface area (Å²) in [6.07, 6.45) is 4.47. The number of nitrogens with zero attached hydrogens (tertiary/aromatic N) is 1. The summed E-state index contributed by atoms with van der Waals surface area (Å²) >= 11 is 0. The van der Waals surface area contributed by atoms with Crippen molar-refractivity contribution >= 4 is 29.7 Å². The van der Waals surface area contributed by atoms with E-state index in [1.165, 1.54) is 25.5 Å². The topological polar surface area (TPSA) is 203 Å². The van der Waals surface area contributed by atoms with Gasteiger partial charge in [0.05, 0.1) is 38.4 Å². The van der Waals surface area contributed by atoms with Gasteiger partial charge in [-0.2, -0.15) is 0 Å². The molecule has 1 aliphatic rings. The molecule has 1 fully saturated rings. The Morgan fingerprint density at radius 1 is 0.900 bits per heavy atom. The molecule has 5 atom stereocenters. The van der Waals surface area contributed by atoms with E-state index in [1.54, 1.807) is 63.0 Å². The number of methoxy groups -OCH3 is 2. The number of alkyl carbamates (subject to hydrolysis) is 2. The van der Waals surface area contributed by atoms with E-state index in [9.17, 15) is 29.1 Å². The molecule has 14 nitrogen and oxygen atoms in total. The Labute approximate surface area is 293 Å². The number of Topliss-reactive ketones (excluding diaryl/α,β-unsaturated/α-hetero) is 2. The van der Waals surface area contributed by atoms with Crippen LogP contribution in [0.25, 0.3) is 0 Å². The van der Waals surface area contributed by atoms with E-state index in [2.05, 4.69) is 16.1 Å². The summed E-state index contributed by atoms with van der Waals surface area (Å²) in [5, 5.41) is 18.9. The molecule has 1 heterocycles. The van der Waals surface area contributed by atoms with E-state index in [-0.39, 0.29) is 29.7 Å². The number of hydrogen-bond acceptors (Lipinski definition) is 11. The highest BCUT2D eigenvalue weighted by atomic mass is 16.5.